The van der Waals surface area contributed by atoms with E-state index in [1.165, 1.54) is 31.2 Å². The number of aryl methyl sites for hydroxylation is 1. The summed E-state index contributed by atoms with van der Waals surface area (Å²) in [6, 6.07) is 9.13. The van der Waals surface area contributed by atoms with Crippen molar-refractivity contribution in [3.8, 4) is 0 Å². The lowest BCUT2D eigenvalue weighted by molar-refractivity contribution is 0.392. The first-order valence-corrected chi connectivity index (χ1v) is 7.82. The van der Waals surface area contributed by atoms with Crippen LogP contribution >= 0.6 is 12.2 Å². The molecule has 3 heteroatoms. The molecule has 0 radical (unpaired) electrons. The molecule has 3 rings (SSSR count). The third kappa shape index (κ3) is 2.92. The number of hydrogen-bond acceptors (Lipinski definition) is 1. The zero-order valence-corrected chi connectivity index (χ0v) is 12.3. The Morgan fingerprint density at radius 1 is 1.21 bits per heavy atom. The van der Waals surface area contributed by atoms with Crippen molar-refractivity contribution in [2.75, 3.05) is 5.32 Å². The molecule has 0 saturated heterocycles. The van der Waals surface area contributed by atoms with Crippen LogP contribution in [0, 0.1) is 11.8 Å². The molecule has 1 aromatic rings. The molecule has 2 bridgehead atoms. The molecule has 0 unspecified atom stereocenters. The summed E-state index contributed by atoms with van der Waals surface area (Å²) in [5.74, 6) is 1.81. The van der Waals surface area contributed by atoms with Crippen LogP contribution in [0.5, 0.6) is 0 Å². The molecule has 2 aliphatic rings. The van der Waals surface area contributed by atoms with E-state index in [1.807, 2.05) is 0 Å². The van der Waals surface area contributed by atoms with E-state index in [9.17, 15) is 0 Å². The normalized spacial score (nSPS) is 28.4. The standard InChI is InChI=1S/C16H22N2S/c1-2-11-4-7-14(8-5-11)17-16(19)18-15-10-12-3-6-13(15)9-12/h4-5,7-8,12-13,15H,2-3,6,9-10H2,1H3,(H2,17,18,19)/t12-,13-,15+/m1/s1. The third-order valence-corrected chi connectivity index (χ3v) is 4.89. The van der Waals surface area contributed by atoms with Gasteiger partial charge in [0.15, 0.2) is 5.11 Å². The Bertz CT molecular complexity index is 454. The second kappa shape index (κ2) is 5.49. The number of benzene rings is 1. The van der Waals surface area contributed by atoms with Crippen molar-refractivity contribution in [3.63, 3.8) is 0 Å². The minimum atomic E-state index is 0.605. The van der Waals surface area contributed by atoms with Crippen LogP contribution in [0.2, 0.25) is 0 Å². The maximum absolute atomic E-state index is 5.43. The Kier molecular flexibility index (Phi) is 3.74. The SMILES string of the molecule is CCc1ccc(NC(=S)N[C@H]2C[C@@H]3CC[C@@H]2C3)cc1. The van der Waals surface area contributed by atoms with Crippen LogP contribution in [0.1, 0.15) is 38.2 Å². The van der Waals surface area contributed by atoms with Gasteiger partial charge in [-0.2, -0.15) is 0 Å². The Hall–Kier alpha value is -1.09. The van der Waals surface area contributed by atoms with Crippen molar-refractivity contribution in [1.82, 2.24) is 5.32 Å². The van der Waals surface area contributed by atoms with Gasteiger partial charge in [-0.15, -0.1) is 0 Å². The van der Waals surface area contributed by atoms with E-state index >= 15 is 0 Å². The number of fused-ring (bicyclic) bond motifs is 2. The minimum absolute atomic E-state index is 0.605. The molecular formula is C16H22N2S. The van der Waals surface area contributed by atoms with E-state index in [0.29, 0.717) is 6.04 Å². The van der Waals surface area contributed by atoms with Gasteiger partial charge in [-0.25, -0.2) is 0 Å². The fourth-order valence-electron chi connectivity index (χ4n) is 3.58. The second-order valence-corrected chi connectivity index (χ2v) is 6.34. The van der Waals surface area contributed by atoms with E-state index in [4.69, 9.17) is 12.2 Å². The van der Waals surface area contributed by atoms with Gasteiger partial charge in [0.1, 0.15) is 0 Å². The number of thiocarbonyl (C=S) groups is 1. The lowest BCUT2D eigenvalue weighted by Gasteiger charge is -2.24. The van der Waals surface area contributed by atoms with Gasteiger partial charge in [0.2, 0.25) is 0 Å². The zero-order valence-electron chi connectivity index (χ0n) is 11.5. The minimum Gasteiger partial charge on any atom is -0.359 e. The molecule has 0 amide bonds. The van der Waals surface area contributed by atoms with Gasteiger partial charge in [0.05, 0.1) is 0 Å². The molecular weight excluding hydrogens is 252 g/mol. The van der Waals surface area contributed by atoms with Crippen LogP contribution in [-0.2, 0) is 6.42 Å². The lowest BCUT2D eigenvalue weighted by Crippen LogP contribution is -2.40. The van der Waals surface area contributed by atoms with Crippen molar-refractivity contribution in [2.45, 2.75) is 45.1 Å². The molecule has 19 heavy (non-hydrogen) atoms. The Morgan fingerprint density at radius 3 is 2.58 bits per heavy atom. The summed E-state index contributed by atoms with van der Waals surface area (Å²) in [6.45, 7) is 2.17. The van der Waals surface area contributed by atoms with Crippen molar-refractivity contribution in [1.29, 1.82) is 0 Å². The quantitative estimate of drug-likeness (QED) is 0.821. The van der Waals surface area contributed by atoms with E-state index in [1.54, 1.807) is 0 Å². The van der Waals surface area contributed by atoms with Gasteiger partial charge in [-0.05, 0) is 67.4 Å². The highest BCUT2D eigenvalue weighted by Gasteiger charge is 2.39. The van der Waals surface area contributed by atoms with Crippen molar-refractivity contribution in [3.05, 3.63) is 29.8 Å². The average Bonchev–Trinajstić information content (AvgIpc) is 3.02. The maximum atomic E-state index is 5.43. The molecule has 0 aromatic heterocycles. The number of nitrogens with one attached hydrogen (secondary N) is 2. The Balaban J connectivity index is 1.53. The van der Waals surface area contributed by atoms with Crippen molar-refractivity contribution in [2.24, 2.45) is 11.8 Å². The van der Waals surface area contributed by atoms with Crippen molar-refractivity contribution >= 4 is 23.0 Å². The summed E-state index contributed by atoms with van der Waals surface area (Å²) in [5.41, 5.74) is 2.44. The first-order chi connectivity index (χ1) is 9.24. The van der Waals surface area contributed by atoms with Gasteiger partial charge in [0.25, 0.3) is 0 Å². The predicted molar refractivity (Wildman–Crippen MR) is 84.4 cm³/mol. The monoisotopic (exact) mass is 274 g/mol. The molecule has 102 valence electrons. The number of hydrogen-bond donors (Lipinski definition) is 2. The predicted octanol–water partition coefficient (Wildman–Crippen LogP) is 3.72. The van der Waals surface area contributed by atoms with E-state index < -0.39 is 0 Å². The summed E-state index contributed by atoms with van der Waals surface area (Å²) in [7, 11) is 0. The lowest BCUT2D eigenvalue weighted by atomic mass is 9.96. The molecule has 2 nitrogen and oxygen atoms in total. The molecule has 0 aliphatic heterocycles. The highest BCUT2D eigenvalue weighted by Crippen LogP contribution is 2.44. The second-order valence-electron chi connectivity index (χ2n) is 5.93. The highest BCUT2D eigenvalue weighted by molar-refractivity contribution is 7.80. The largest absolute Gasteiger partial charge is 0.359 e. The zero-order chi connectivity index (χ0) is 13.2. The first kappa shape index (κ1) is 12.9. The summed E-state index contributed by atoms with van der Waals surface area (Å²) in [5, 5.41) is 7.59. The summed E-state index contributed by atoms with van der Waals surface area (Å²) in [6.07, 6.45) is 6.61. The van der Waals surface area contributed by atoms with Crippen LogP contribution in [0.3, 0.4) is 0 Å². The molecule has 2 N–H and O–H groups in total. The van der Waals surface area contributed by atoms with Crippen LogP contribution in [0.15, 0.2) is 24.3 Å². The van der Waals surface area contributed by atoms with Gasteiger partial charge in [0, 0.05) is 11.7 Å². The fraction of sp³-hybridized carbons (Fsp3) is 0.562. The number of rotatable bonds is 3. The van der Waals surface area contributed by atoms with Gasteiger partial charge in [-0.1, -0.05) is 25.5 Å². The third-order valence-electron chi connectivity index (χ3n) is 4.67. The summed E-state index contributed by atoms with van der Waals surface area (Å²) >= 11 is 5.43. The van der Waals surface area contributed by atoms with Crippen LogP contribution in [0.25, 0.3) is 0 Å². The molecule has 2 aliphatic carbocycles. The topological polar surface area (TPSA) is 24.1 Å². The van der Waals surface area contributed by atoms with Crippen LogP contribution in [0.4, 0.5) is 5.69 Å². The molecule has 2 fully saturated rings. The average molecular weight is 274 g/mol. The smallest absolute Gasteiger partial charge is 0.171 e. The van der Waals surface area contributed by atoms with Crippen molar-refractivity contribution < 1.29 is 0 Å². The Labute approximate surface area is 121 Å². The van der Waals surface area contributed by atoms with Crippen LogP contribution < -0.4 is 10.6 Å². The summed E-state index contributed by atoms with van der Waals surface area (Å²) < 4.78 is 0. The van der Waals surface area contributed by atoms with E-state index in [-0.39, 0.29) is 0 Å². The molecule has 0 heterocycles. The molecule has 3 atom stereocenters. The van der Waals surface area contributed by atoms with Gasteiger partial charge in [-0.3, -0.25) is 0 Å². The number of anilines is 1. The summed E-state index contributed by atoms with van der Waals surface area (Å²) in [4.78, 5) is 0. The molecule has 1 aromatic carbocycles. The molecule has 2 saturated carbocycles. The van der Waals surface area contributed by atoms with Gasteiger partial charge < -0.3 is 10.6 Å². The van der Waals surface area contributed by atoms with E-state index in [2.05, 4.69) is 41.8 Å². The van der Waals surface area contributed by atoms with Crippen LogP contribution in [-0.4, -0.2) is 11.2 Å². The molecule has 0 spiro atoms. The van der Waals surface area contributed by atoms with E-state index in [0.717, 1.165) is 29.1 Å². The fourth-order valence-corrected chi connectivity index (χ4v) is 3.85. The first-order valence-electron chi connectivity index (χ1n) is 7.41. The van der Waals surface area contributed by atoms with Gasteiger partial charge >= 0.3 is 0 Å². The highest BCUT2D eigenvalue weighted by atomic mass is 32.1. The maximum Gasteiger partial charge on any atom is 0.171 e. The Morgan fingerprint density at radius 2 is 2.00 bits per heavy atom.